The molecule has 0 spiro atoms. The molecule has 17 heavy (non-hydrogen) atoms. The summed E-state index contributed by atoms with van der Waals surface area (Å²) in [5.74, 6) is 0.673. The Morgan fingerprint density at radius 3 is 2.82 bits per heavy atom. The number of ether oxygens (including phenoxy) is 1. The van der Waals surface area contributed by atoms with Gasteiger partial charge in [-0.15, -0.1) is 0 Å². The molecule has 0 bridgehead atoms. The standard InChI is InChI=1S/C11H19F3N2O/c12-11(13,14)8-17-5-4-16-6-9-2-1-3-15-10(9)7-16/h9-10,15H,1-8H2. The van der Waals surface area contributed by atoms with Crippen LogP contribution >= 0.6 is 0 Å². The van der Waals surface area contributed by atoms with Gasteiger partial charge in [0, 0.05) is 25.7 Å². The van der Waals surface area contributed by atoms with Crippen LogP contribution in [-0.4, -0.2) is 56.5 Å². The van der Waals surface area contributed by atoms with E-state index in [2.05, 4.69) is 15.0 Å². The van der Waals surface area contributed by atoms with E-state index in [1.807, 2.05) is 0 Å². The Bertz CT molecular complexity index is 233. The van der Waals surface area contributed by atoms with Crippen molar-refractivity contribution in [3.05, 3.63) is 0 Å². The van der Waals surface area contributed by atoms with Gasteiger partial charge in [0.05, 0.1) is 6.61 Å². The van der Waals surface area contributed by atoms with E-state index >= 15 is 0 Å². The Balaban J connectivity index is 1.61. The molecule has 0 amide bonds. The van der Waals surface area contributed by atoms with Crippen LogP contribution in [0.1, 0.15) is 12.8 Å². The Morgan fingerprint density at radius 1 is 1.29 bits per heavy atom. The highest BCUT2D eigenvalue weighted by Gasteiger charge is 2.34. The van der Waals surface area contributed by atoms with Gasteiger partial charge < -0.3 is 10.1 Å². The van der Waals surface area contributed by atoms with Crippen molar-refractivity contribution in [2.75, 3.05) is 39.4 Å². The number of nitrogens with one attached hydrogen (secondary N) is 1. The minimum absolute atomic E-state index is 0.166. The van der Waals surface area contributed by atoms with E-state index < -0.39 is 12.8 Å². The number of hydrogen-bond donors (Lipinski definition) is 1. The van der Waals surface area contributed by atoms with E-state index in [4.69, 9.17) is 0 Å². The number of piperidine rings is 1. The highest BCUT2D eigenvalue weighted by molar-refractivity contribution is 4.91. The first kappa shape index (κ1) is 13.1. The molecular formula is C11H19F3N2O. The van der Waals surface area contributed by atoms with Gasteiger partial charge in [-0.1, -0.05) is 0 Å². The third kappa shape index (κ3) is 4.12. The summed E-state index contributed by atoms with van der Waals surface area (Å²) in [6, 6.07) is 0.534. The minimum Gasteiger partial charge on any atom is -0.371 e. The van der Waals surface area contributed by atoms with Crippen molar-refractivity contribution in [2.45, 2.75) is 25.1 Å². The number of hydrogen-bond acceptors (Lipinski definition) is 3. The van der Waals surface area contributed by atoms with Gasteiger partial charge in [-0.05, 0) is 25.3 Å². The van der Waals surface area contributed by atoms with Gasteiger partial charge in [0.1, 0.15) is 6.61 Å². The molecule has 0 aromatic rings. The summed E-state index contributed by atoms with van der Waals surface area (Å²) in [6.07, 6.45) is -1.77. The van der Waals surface area contributed by atoms with Gasteiger partial charge >= 0.3 is 6.18 Å². The molecule has 0 aromatic heterocycles. The molecule has 2 rings (SSSR count). The summed E-state index contributed by atoms with van der Waals surface area (Å²) >= 11 is 0. The summed E-state index contributed by atoms with van der Waals surface area (Å²) in [7, 11) is 0. The lowest BCUT2D eigenvalue weighted by atomic mass is 9.94. The SMILES string of the molecule is FC(F)(F)COCCN1CC2CCCNC2C1. The van der Waals surface area contributed by atoms with Crippen LogP contribution < -0.4 is 5.32 Å². The van der Waals surface area contributed by atoms with Crippen LogP contribution in [0.15, 0.2) is 0 Å². The van der Waals surface area contributed by atoms with Crippen LogP contribution in [0.3, 0.4) is 0 Å². The van der Waals surface area contributed by atoms with Gasteiger partial charge in [-0.3, -0.25) is 4.90 Å². The fraction of sp³-hybridized carbons (Fsp3) is 1.00. The van der Waals surface area contributed by atoms with Gasteiger partial charge in [0.25, 0.3) is 0 Å². The van der Waals surface area contributed by atoms with Crippen molar-refractivity contribution >= 4 is 0 Å². The summed E-state index contributed by atoms with van der Waals surface area (Å²) in [4.78, 5) is 2.20. The van der Waals surface area contributed by atoms with Gasteiger partial charge in [-0.25, -0.2) is 0 Å². The summed E-state index contributed by atoms with van der Waals surface area (Å²) in [5, 5.41) is 3.46. The van der Waals surface area contributed by atoms with Crippen LogP contribution in [0.5, 0.6) is 0 Å². The van der Waals surface area contributed by atoms with Crippen molar-refractivity contribution in [2.24, 2.45) is 5.92 Å². The summed E-state index contributed by atoms with van der Waals surface area (Å²) < 4.78 is 40.2. The third-order valence-electron chi connectivity index (χ3n) is 3.49. The van der Waals surface area contributed by atoms with Crippen molar-refractivity contribution in [3.63, 3.8) is 0 Å². The highest BCUT2D eigenvalue weighted by Crippen LogP contribution is 2.24. The van der Waals surface area contributed by atoms with Crippen molar-refractivity contribution in [1.29, 1.82) is 0 Å². The predicted octanol–water partition coefficient (Wildman–Crippen LogP) is 1.25. The van der Waals surface area contributed by atoms with E-state index in [0.29, 0.717) is 18.5 Å². The zero-order valence-electron chi connectivity index (χ0n) is 9.80. The molecule has 0 aliphatic carbocycles. The molecule has 2 saturated heterocycles. The van der Waals surface area contributed by atoms with Gasteiger partial charge in [0.15, 0.2) is 0 Å². The molecule has 0 aromatic carbocycles. The molecule has 2 aliphatic heterocycles. The van der Waals surface area contributed by atoms with Crippen LogP contribution in [0.4, 0.5) is 13.2 Å². The topological polar surface area (TPSA) is 24.5 Å². The monoisotopic (exact) mass is 252 g/mol. The zero-order chi connectivity index (χ0) is 12.3. The molecule has 1 N–H and O–H groups in total. The first-order valence-electron chi connectivity index (χ1n) is 6.15. The molecule has 2 unspecified atom stereocenters. The molecule has 2 aliphatic rings. The summed E-state index contributed by atoms with van der Waals surface area (Å²) in [6.45, 7) is 2.64. The van der Waals surface area contributed by atoms with Crippen LogP contribution in [0, 0.1) is 5.92 Å². The maximum Gasteiger partial charge on any atom is 0.411 e. The summed E-state index contributed by atoms with van der Waals surface area (Å²) in [5.41, 5.74) is 0. The fourth-order valence-electron chi connectivity index (χ4n) is 2.70. The lowest BCUT2D eigenvalue weighted by Gasteiger charge is -2.24. The second-order valence-electron chi connectivity index (χ2n) is 4.89. The molecule has 0 radical (unpaired) electrons. The highest BCUT2D eigenvalue weighted by atomic mass is 19.4. The number of fused-ring (bicyclic) bond motifs is 1. The lowest BCUT2D eigenvalue weighted by Crippen LogP contribution is -2.40. The van der Waals surface area contributed by atoms with E-state index in [1.165, 1.54) is 12.8 Å². The molecule has 100 valence electrons. The lowest BCUT2D eigenvalue weighted by molar-refractivity contribution is -0.174. The molecule has 6 heteroatoms. The number of rotatable bonds is 4. The van der Waals surface area contributed by atoms with E-state index in [0.717, 1.165) is 19.6 Å². The van der Waals surface area contributed by atoms with E-state index in [1.54, 1.807) is 0 Å². The van der Waals surface area contributed by atoms with Crippen molar-refractivity contribution in [1.82, 2.24) is 10.2 Å². The maximum absolute atomic E-state index is 11.8. The number of likely N-dealkylation sites (tertiary alicyclic amines) is 1. The Morgan fingerprint density at radius 2 is 2.12 bits per heavy atom. The first-order valence-corrected chi connectivity index (χ1v) is 6.15. The van der Waals surface area contributed by atoms with E-state index in [9.17, 15) is 13.2 Å². The molecule has 2 heterocycles. The number of alkyl halides is 3. The third-order valence-corrected chi connectivity index (χ3v) is 3.49. The van der Waals surface area contributed by atoms with Crippen molar-refractivity contribution < 1.29 is 17.9 Å². The van der Waals surface area contributed by atoms with Crippen LogP contribution in [-0.2, 0) is 4.74 Å². The smallest absolute Gasteiger partial charge is 0.371 e. The van der Waals surface area contributed by atoms with E-state index in [-0.39, 0.29) is 6.61 Å². The molecule has 3 nitrogen and oxygen atoms in total. The van der Waals surface area contributed by atoms with Crippen LogP contribution in [0.2, 0.25) is 0 Å². The average Bonchev–Trinajstić information content (AvgIpc) is 2.65. The molecular weight excluding hydrogens is 233 g/mol. The number of nitrogens with zero attached hydrogens (tertiary/aromatic N) is 1. The quantitative estimate of drug-likeness (QED) is 0.762. The largest absolute Gasteiger partial charge is 0.411 e. The fourth-order valence-corrected chi connectivity index (χ4v) is 2.70. The second kappa shape index (κ2) is 5.54. The molecule has 0 saturated carbocycles. The first-order chi connectivity index (χ1) is 8.04. The van der Waals surface area contributed by atoms with Crippen LogP contribution in [0.25, 0.3) is 0 Å². The normalized spacial score (nSPS) is 30.5. The van der Waals surface area contributed by atoms with Gasteiger partial charge in [0.2, 0.25) is 0 Å². The van der Waals surface area contributed by atoms with Gasteiger partial charge in [-0.2, -0.15) is 13.2 Å². The van der Waals surface area contributed by atoms with Crippen molar-refractivity contribution in [3.8, 4) is 0 Å². The Kier molecular flexibility index (Phi) is 4.27. The minimum atomic E-state index is -4.21. The number of halogens is 3. The molecule has 2 atom stereocenters. The second-order valence-corrected chi connectivity index (χ2v) is 4.89. The zero-order valence-corrected chi connectivity index (χ0v) is 9.80. The molecule has 2 fully saturated rings. The Labute approximate surface area is 99.3 Å². The Hall–Kier alpha value is -0.330. The maximum atomic E-state index is 11.8. The predicted molar refractivity (Wildman–Crippen MR) is 57.8 cm³/mol. The average molecular weight is 252 g/mol.